The first kappa shape index (κ1) is 18.2. The van der Waals surface area contributed by atoms with Gasteiger partial charge in [0.2, 0.25) is 0 Å². The smallest absolute Gasteiger partial charge is 0.0616 e. The average molecular weight is 274 g/mol. The van der Waals surface area contributed by atoms with Crippen molar-refractivity contribution in [1.29, 1.82) is 10.8 Å². The topological polar surface area (TPSA) is 73.5 Å². The lowest BCUT2D eigenvalue weighted by Crippen LogP contribution is -1.96. The number of aromatic nitrogens is 2. The minimum atomic E-state index is 0.517. The van der Waals surface area contributed by atoms with Crippen molar-refractivity contribution in [3.8, 4) is 0 Å². The van der Waals surface area contributed by atoms with Gasteiger partial charge in [-0.2, -0.15) is 0 Å². The van der Waals surface area contributed by atoms with E-state index in [9.17, 15) is 0 Å². The summed E-state index contributed by atoms with van der Waals surface area (Å²) in [5.74, 6) is 0. The Morgan fingerprint density at radius 3 is 2.10 bits per heavy atom. The van der Waals surface area contributed by atoms with Crippen molar-refractivity contribution in [3.05, 3.63) is 34.9 Å². The Hall–Kier alpha value is -1.84. The highest BCUT2D eigenvalue weighted by molar-refractivity contribution is 6.03. The largest absolute Gasteiger partial charge is 0.306 e. The molecule has 0 saturated heterocycles. The maximum atomic E-state index is 7.28. The first-order valence-electron chi connectivity index (χ1n) is 6.92. The van der Waals surface area contributed by atoms with E-state index in [4.69, 9.17) is 10.8 Å². The van der Waals surface area contributed by atoms with Gasteiger partial charge in [0.25, 0.3) is 0 Å². The number of allylic oxidation sites excluding steroid dienone is 2. The van der Waals surface area contributed by atoms with Crippen LogP contribution in [0.15, 0.2) is 17.8 Å². The third-order valence-electron chi connectivity index (χ3n) is 2.76. The zero-order valence-electron chi connectivity index (χ0n) is 13.5. The molecule has 4 heteroatoms. The fourth-order valence-electron chi connectivity index (χ4n) is 1.66. The molecule has 110 valence electrons. The van der Waals surface area contributed by atoms with Crippen LogP contribution in [0, 0.1) is 24.7 Å². The predicted molar refractivity (Wildman–Crippen MR) is 86.1 cm³/mol. The van der Waals surface area contributed by atoms with Gasteiger partial charge in [0.05, 0.1) is 17.1 Å². The van der Waals surface area contributed by atoms with E-state index in [1.54, 1.807) is 26.1 Å². The minimum absolute atomic E-state index is 0.517. The molecule has 4 nitrogen and oxygen atoms in total. The van der Waals surface area contributed by atoms with Crippen LogP contribution < -0.4 is 0 Å². The van der Waals surface area contributed by atoms with Crippen LogP contribution in [0.2, 0.25) is 0 Å². The lowest BCUT2D eigenvalue weighted by molar-refractivity contribution is 0.930. The van der Waals surface area contributed by atoms with Crippen molar-refractivity contribution in [1.82, 2.24) is 9.97 Å². The summed E-state index contributed by atoms with van der Waals surface area (Å²) < 4.78 is 0. The average Bonchev–Trinajstić information content (AvgIpc) is 2.39. The standard InChI is InChI=1S/C8H12N2.C8H14N2/c1-4-8-7(3)9-5-6(2)10-8;1-4-8(7(3)10)5-6(2)9/h5H,4H2,1-3H3;5,9-10H,4H2,1-3H3/b;8-5-,9-6?,10-7?. The van der Waals surface area contributed by atoms with Gasteiger partial charge in [-0.3, -0.25) is 9.97 Å². The fraction of sp³-hybridized carbons (Fsp3) is 0.500. The highest BCUT2D eigenvalue weighted by atomic mass is 14.8. The number of nitrogens with zero attached hydrogens (tertiary/aromatic N) is 2. The lowest BCUT2D eigenvalue weighted by Gasteiger charge is -2.00. The second-order valence-electron chi connectivity index (χ2n) is 4.73. The number of nitrogens with one attached hydrogen (secondary N) is 2. The molecule has 1 aromatic heterocycles. The molecule has 0 aliphatic carbocycles. The van der Waals surface area contributed by atoms with Crippen molar-refractivity contribution < 1.29 is 0 Å². The van der Waals surface area contributed by atoms with Crippen LogP contribution in [0.5, 0.6) is 0 Å². The summed E-state index contributed by atoms with van der Waals surface area (Å²) in [5, 5.41) is 14.4. The molecule has 0 fully saturated rings. The van der Waals surface area contributed by atoms with Crippen molar-refractivity contribution in [2.45, 2.75) is 54.4 Å². The Balaban J connectivity index is 0.000000361. The second kappa shape index (κ2) is 9.13. The van der Waals surface area contributed by atoms with E-state index in [0.29, 0.717) is 11.4 Å². The van der Waals surface area contributed by atoms with Gasteiger partial charge in [0.1, 0.15) is 0 Å². The van der Waals surface area contributed by atoms with E-state index in [2.05, 4.69) is 16.9 Å². The monoisotopic (exact) mass is 274 g/mol. The summed E-state index contributed by atoms with van der Waals surface area (Å²) in [6, 6.07) is 0. The molecular weight excluding hydrogens is 248 g/mol. The Morgan fingerprint density at radius 1 is 1.20 bits per heavy atom. The van der Waals surface area contributed by atoms with Crippen LogP contribution >= 0.6 is 0 Å². The predicted octanol–water partition coefficient (Wildman–Crippen LogP) is 4.06. The van der Waals surface area contributed by atoms with Crippen LogP contribution in [0.3, 0.4) is 0 Å². The van der Waals surface area contributed by atoms with Gasteiger partial charge in [-0.15, -0.1) is 0 Å². The summed E-state index contributed by atoms with van der Waals surface area (Å²) >= 11 is 0. The van der Waals surface area contributed by atoms with E-state index in [1.807, 2.05) is 20.8 Å². The molecule has 2 N–H and O–H groups in total. The van der Waals surface area contributed by atoms with Crippen LogP contribution in [-0.2, 0) is 6.42 Å². The Bertz CT molecular complexity index is 501. The van der Waals surface area contributed by atoms with Gasteiger partial charge in [0, 0.05) is 17.6 Å². The zero-order chi connectivity index (χ0) is 15.7. The van der Waals surface area contributed by atoms with Crippen LogP contribution in [-0.4, -0.2) is 21.4 Å². The number of rotatable bonds is 4. The highest BCUT2D eigenvalue weighted by Gasteiger charge is 1.97. The molecule has 0 radical (unpaired) electrons. The molecule has 0 aliphatic heterocycles. The SMILES string of the molecule is CC/C(=C/C(C)=N)C(C)=N.CCc1nc(C)cnc1C. The Labute approximate surface area is 122 Å². The first-order chi connectivity index (χ1) is 9.31. The quantitative estimate of drug-likeness (QED) is 0.813. The van der Waals surface area contributed by atoms with E-state index >= 15 is 0 Å². The molecule has 1 heterocycles. The number of hydrogen-bond acceptors (Lipinski definition) is 4. The second-order valence-corrected chi connectivity index (χ2v) is 4.73. The molecule has 1 rings (SSSR count). The summed E-state index contributed by atoms with van der Waals surface area (Å²) in [6.07, 6.45) is 5.35. The summed E-state index contributed by atoms with van der Waals surface area (Å²) in [4.78, 5) is 8.52. The van der Waals surface area contributed by atoms with Crippen molar-refractivity contribution in [2.24, 2.45) is 0 Å². The van der Waals surface area contributed by atoms with Crippen LogP contribution in [0.25, 0.3) is 0 Å². The number of aryl methyl sites for hydroxylation is 3. The van der Waals surface area contributed by atoms with Gasteiger partial charge in [0.15, 0.2) is 0 Å². The van der Waals surface area contributed by atoms with Gasteiger partial charge < -0.3 is 10.8 Å². The first-order valence-corrected chi connectivity index (χ1v) is 6.92. The molecule has 0 spiro atoms. The highest BCUT2D eigenvalue weighted by Crippen LogP contribution is 2.02. The molecule has 0 aromatic carbocycles. The van der Waals surface area contributed by atoms with E-state index < -0.39 is 0 Å². The number of hydrogen-bond donors (Lipinski definition) is 2. The summed E-state index contributed by atoms with van der Waals surface area (Å²) in [5.41, 5.74) is 5.20. The molecule has 20 heavy (non-hydrogen) atoms. The van der Waals surface area contributed by atoms with Crippen LogP contribution in [0.1, 0.15) is 51.2 Å². The Morgan fingerprint density at radius 2 is 1.80 bits per heavy atom. The van der Waals surface area contributed by atoms with E-state index in [-0.39, 0.29) is 0 Å². The normalized spacial score (nSPS) is 10.6. The molecule has 0 unspecified atom stereocenters. The van der Waals surface area contributed by atoms with Gasteiger partial charge in [-0.05, 0) is 52.2 Å². The van der Waals surface area contributed by atoms with E-state index in [1.165, 1.54) is 0 Å². The summed E-state index contributed by atoms with van der Waals surface area (Å²) in [6.45, 7) is 11.5. The molecule has 0 atom stereocenters. The molecule has 0 bridgehead atoms. The fourth-order valence-corrected chi connectivity index (χ4v) is 1.66. The van der Waals surface area contributed by atoms with Crippen molar-refractivity contribution in [3.63, 3.8) is 0 Å². The molecule has 0 aliphatic rings. The third-order valence-corrected chi connectivity index (χ3v) is 2.76. The third kappa shape index (κ3) is 6.92. The van der Waals surface area contributed by atoms with Gasteiger partial charge in [-0.1, -0.05) is 13.8 Å². The van der Waals surface area contributed by atoms with Crippen molar-refractivity contribution >= 4 is 11.4 Å². The zero-order valence-corrected chi connectivity index (χ0v) is 13.5. The summed E-state index contributed by atoms with van der Waals surface area (Å²) in [7, 11) is 0. The maximum absolute atomic E-state index is 7.28. The molecular formula is C16H26N4. The van der Waals surface area contributed by atoms with Crippen LogP contribution in [0.4, 0.5) is 0 Å². The molecule has 1 aromatic rings. The lowest BCUT2D eigenvalue weighted by atomic mass is 10.1. The van der Waals surface area contributed by atoms with E-state index in [0.717, 1.165) is 35.5 Å². The Kier molecular flexibility index (Phi) is 8.29. The van der Waals surface area contributed by atoms with Crippen molar-refractivity contribution in [2.75, 3.05) is 0 Å². The minimum Gasteiger partial charge on any atom is -0.306 e. The molecule has 0 saturated carbocycles. The van der Waals surface area contributed by atoms with Gasteiger partial charge >= 0.3 is 0 Å². The van der Waals surface area contributed by atoms with Gasteiger partial charge in [-0.25, -0.2) is 0 Å². The molecule has 0 amide bonds. The maximum Gasteiger partial charge on any atom is 0.0616 e.